The zero-order chi connectivity index (χ0) is 22.1. The van der Waals surface area contributed by atoms with E-state index in [1.807, 2.05) is 29.2 Å². The summed E-state index contributed by atoms with van der Waals surface area (Å²) >= 11 is 1.39. The van der Waals surface area contributed by atoms with Crippen LogP contribution in [0.1, 0.15) is 27.0 Å². The molecule has 0 aliphatic carbocycles. The highest BCUT2D eigenvalue weighted by molar-refractivity contribution is 7.09. The maximum absolute atomic E-state index is 13.7. The standard InChI is InChI=1S/C22H21FN6O2S/c23-14-4-3-8-24-16(14)10-25-22(31)17-13-32-20(27-17)7-9-28-11-19-26-15-5-1-2-6-18(15)29(19)12-21(28)30/h1-6,8,13,21,30H,7,9-12H2,(H,25,31). The van der Waals surface area contributed by atoms with E-state index in [4.69, 9.17) is 0 Å². The van der Waals surface area contributed by atoms with Crippen LogP contribution in [-0.2, 0) is 26.1 Å². The number of nitrogens with zero attached hydrogens (tertiary/aromatic N) is 5. The first-order valence-corrected chi connectivity index (χ1v) is 11.1. The predicted octanol–water partition coefficient (Wildman–Crippen LogP) is 2.33. The van der Waals surface area contributed by atoms with Crippen LogP contribution in [0.25, 0.3) is 11.0 Å². The van der Waals surface area contributed by atoms with Gasteiger partial charge < -0.3 is 15.0 Å². The van der Waals surface area contributed by atoms with Crippen LogP contribution in [0.3, 0.4) is 0 Å². The summed E-state index contributed by atoms with van der Waals surface area (Å²) in [5.41, 5.74) is 2.43. The molecule has 4 aromatic rings. The lowest BCUT2D eigenvalue weighted by molar-refractivity contribution is -0.0300. The van der Waals surface area contributed by atoms with E-state index >= 15 is 0 Å². The van der Waals surface area contributed by atoms with Crippen LogP contribution in [0, 0.1) is 5.82 Å². The van der Waals surface area contributed by atoms with Crippen molar-refractivity contribution in [3.05, 3.63) is 76.0 Å². The Hall–Kier alpha value is -3.21. The number of aromatic nitrogens is 4. The third-order valence-corrected chi connectivity index (χ3v) is 6.40. The number of pyridine rings is 1. The van der Waals surface area contributed by atoms with E-state index < -0.39 is 12.0 Å². The van der Waals surface area contributed by atoms with Crippen molar-refractivity contribution in [3.8, 4) is 0 Å². The lowest BCUT2D eigenvalue weighted by atomic mass is 10.2. The van der Waals surface area contributed by atoms with Gasteiger partial charge in [-0.25, -0.2) is 14.4 Å². The summed E-state index contributed by atoms with van der Waals surface area (Å²) in [6.07, 6.45) is 1.47. The molecule has 32 heavy (non-hydrogen) atoms. The van der Waals surface area contributed by atoms with Crippen LogP contribution in [0.4, 0.5) is 4.39 Å². The van der Waals surface area contributed by atoms with E-state index in [1.54, 1.807) is 5.38 Å². The number of hydrogen-bond donors (Lipinski definition) is 2. The molecule has 1 amide bonds. The average molecular weight is 453 g/mol. The van der Waals surface area contributed by atoms with Crippen molar-refractivity contribution in [2.75, 3.05) is 6.54 Å². The van der Waals surface area contributed by atoms with E-state index in [0.29, 0.717) is 31.7 Å². The third-order valence-electron chi connectivity index (χ3n) is 5.49. The van der Waals surface area contributed by atoms with E-state index in [2.05, 4.69) is 24.8 Å². The molecule has 5 rings (SSSR count). The molecular formula is C22H21FN6O2S. The summed E-state index contributed by atoms with van der Waals surface area (Å²) in [5.74, 6) is 0.0992. The molecule has 1 aliphatic rings. The van der Waals surface area contributed by atoms with Crippen molar-refractivity contribution in [2.24, 2.45) is 0 Å². The topological polar surface area (TPSA) is 96.2 Å². The molecule has 0 bridgehead atoms. The average Bonchev–Trinajstić information content (AvgIpc) is 3.41. The Morgan fingerprint density at radius 2 is 2.12 bits per heavy atom. The number of hydrogen-bond acceptors (Lipinski definition) is 7. The number of carbonyl (C=O) groups is 1. The molecule has 164 valence electrons. The third kappa shape index (κ3) is 4.12. The number of aliphatic hydroxyl groups is 1. The van der Waals surface area contributed by atoms with Crippen molar-refractivity contribution in [3.63, 3.8) is 0 Å². The second-order valence-corrected chi connectivity index (χ2v) is 8.51. The molecule has 1 atom stereocenters. The Kier molecular flexibility index (Phi) is 5.64. The monoisotopic (exact) mass is 452 g/mol. The summed E-state index contributed by atoms with van der Waals surface area (Å²) in [7, 11) is 0. The van der Waals surface area contributed by atoms with Gasteiger partial charge in [-0.3, -0.25) is 14.7 Å². The van der Waals surface area contributed by atoms with E-state index in [0.717, 1.165) is 21.9 Å². The molecule has 4 heterocycles. The van der Waals surface area contributed by atoms with Crippen LogP contribution in [0.15, 0.2) is 48.0 Å². The first-order chi connectivity index (χ1) is 15.6. The molecule has 10 heteroatoms. The highest BCUT2D eigenvalue weighted by Gasteiger charge is 2.27. The normalized spacial score (nSPS) is 16.2. The SMILES string of the molecule is O=C(NCc1ncccc1F)c1csc(CCN2Cc3nc4ccccc4n3CC2O)n1. The molecule has 1 unspecified atom stereocenters. The highest BCUT2D eigenvalue weighted by Crippen LogP contribution is 2.23. The molecule has 0 spiro atoms. The first kappa shape index (κ1) is 20.7. The minimum Gasteiger partial charge on any atom is -0.376 e. The second-order valence-electron chi connectivity index (χ2n) is 7.57. The summed E-state index contributed by atoms with van der Waals surface area (Å²) < 4.78 is 15.7. The molecule has 1 aromatic carbocycles. The summed E-state index contributed by atoms with van der Waals surface area (Å²) in [6, 6.07) is 10.7. The van der Waals surface area contributed by atoms with E-state index in [-0.39, 0.29) is 18.1 Å². The van der Waals surface area contributed by atoms with Gasteiger partial charge in [-0.15, -0.1) is 11.3 Å². The van der Waals surface area contributed by atoms with Gasteiger partial charge in [0.1, 0.15) is 23.6 Å². The van der Waals surface area contributed by atoms with Crippen LogP contribution in [0.2, 0.25) is 0 Å². The minimum atomic E-state index is -0.615. The fraction of sp³-hybridized carbons (Fsp3) is 0.273. The molecule has 8 nitrogen and oxygen atoms in total. The number of fused-ring (bicyclic) bond motifs is 3. The second kappa shape index (κ2) is 8.73. The number of aliphatic hydroxyl groups excluding tert-OH is 1. The zero-order valence-electron chi connectivity index (χ0n) is 17.1. The smallest absolute Gasteiger partial charge is 0.271 e. The molecular weight excluding hydrogens is 431 g/mol. The Balaban J connectivity index is 1.19. The van der Waals surface area contributed by atoms with Crippen LogP contribution < -0.4 is 5.32 Å². The summed E-state index contributed by atoms with van der Waals surface area (Å²) in [6.45, 7) is 1.60. The van der Waals surface area contributed by atoms with Gasteiger partial charge in [0.2, 0.25) is 0 Å². The maximum atomic E-state index is 13.7. The molecule has 3 aromatic heterocycles. The summed E-state index contributed by atoms with van der Waals surface area (Å²) in [5, 5.41) is 15.8. The molecule has 0 saturated carbocycles. The van der Waals surface area contributed by atoms with Gasteiger partial charge in [-0.05, 0) is 24.3 Å². The lowest BCUT2D eigenvalue weighted by Gasteiger charge is -2.32. The van der Waals surface area contributed by atoms with E-state index in [1.165, 1.54) is 29.7 Å². The van der Waals surface area contributed by atoms with Crippen LogP contribution in [0.5, 0.6) is 0 Å². The Labute approximate surface area is 187 Å². The van der Waals surface area contributed by atoms with E-state index in [9.17, 15) is 14.3 Å². The van der Waals surface area contributed by atoms with Crippen molar-refractivity contribution in [1.29, 1.82) is 0 Å². The number of halogens is 1. The fourth-order valence-electron chi connectivity index (χ4n) is 3.82. The largest absolute Gasteiger partial charge is 0.376 e. The summed E-state index contributed by atoms with van der Waals surface area (Å²) in [4.78, 5) is 27.3. The Morgan fingerprint density at radius 1 is 1.25 bits per heavy atom. The highest BCUT2D eigenvalue weighted by atomic mass is 32.1. The number of amides is 1. The number of nitrogens with one attached hydrogen (secondary N) is 1. The quantitative estimate of drug-likeness (QED) is 0.466. The van der Waals surface area contributed by atoms with Crippen molar-refractivity contribution in [2.45, 2.75) is 32.3 Å². The van der Waals surface area contributed by atoms with Gasteiger partial charge in [-0.1, -0.05) is 12.1 Å². The fourth-order valence-corrected chi connectivity index (χ4v) is 4.58. The van der Waals surface area contributed by atoms with Gasteiger partial charge in [0.05, 0.1) is 41.4 Å². The number of imidazole rings is 1. The Morgan fingerprint density at radius 3 is 3.00 bits per heavy atom. The minimum absolute atomic E-state index is 0.000657. The Bertz CT molecular complexity index is 1270. The number of para-hydroxylation sites is 2. The first-order valence-electron chi connectivity index (χ1n) is 10.3. The van der Waals surface area contributed by atoms with Crippen molar-refractivity contribution >= 4 is 28.3 Å². The van der Waals surface area contributed by atoms with Gasteiger partial charge in [0, 0.05) is 24.5 Å². The van der Waals surface area contributed by atoms with Gasteiger partial charge in [0.25, 0.3) is 5.91 Å². The van der Waals surface area contributed by atoms with Gasteiger partial charge >= 0.3 is 0 Å². The van der Waals surface area contributed by atoms with Gasteiger partial charge in [-0.2, -0.15) is 0 Å². The number of carbonyl (C=O) groups excluding carboxylic acids is 1. The van der Waals surface area contributed by atoms with Crippen LogP contribution in [-0.4, -0.2) is 48.2 Å². The molecule has 1 aliphatic heterocycles. The van der Waals surface area contributed by atoms with Crippen molar-refractivity contribution in [1.82, 2.24) is 29.7 Å². The van der Waals surface area contributed by atoms with Crippen molar-refractivity contribution < 1.29 is 14.3 Å². The van der Waals surface area contributed by atoms with Crippen LogP contribution >= 0.6 is 11.3 Å². The lowest BCUT2D eigenvalue weighted by Crippen LogP contribution is -2.43. The maximum Gasteiger partial charge on any atom is 0.271 e. The molecule has 0 fully saturated rings. The molecule has 0 radical (unpaired) electrons. The zero-order valence-corrected chi connectivity index (χ0v) is 17.9. The molecule has 2 N–H and O–H groups in total. The molecule has 0 saturated heterocycles. The number of benzene rings is 1. The van der Waals surface area contributed by atoms with Gasteiger partial charge in [0.15, 0.2) is 0 Å². The number of rotatable bonds is 6. The number of thiazole rings is 1. The predicted molar refractivity (Wildman–Crippen MR) is 117 cm³/mol.